The summed E-state index contributed by atoms with van der Waals surface area (Å²) in [6, 6.07) is 8.27. The molecular weight excluding hydrogens is 212 g/mol. The number of benzene rings is 1. The molecule has 0 saturated heterocycles. The fourth-order valence-electron chi connectivity index (χ4n) is 2.05. The molecular formula is C13H18N4. The molecule has 1 aromatic heterocycles. The number of H-pyrrole nitrogens is 1. The number of nitrogen functional groups attached to an aromatic ring is 1. The van der Waals surface area contributed by atoms with Crippen molar-refractivity contribution in [3.8, 4) is 11.1 Å². The summed E-state index contributed by atoms with van der Waals surface area (Å²) >= 11 is 0. The van der Waals surface area contributed by atoms with Crippen molar-refractivity contribution in [3.63, 3.8) is 0 Å². The molecule has 0 bridgehead atoms. The van der Waals surface area contributed by atoms with Crippen molar-refractivity contribution >= 4 is 11.5 Å². The van der Waals surface area contributed by atoms with E-state index in [2.05, 4.69) is 41.1 Å². The summed E-state index contributed by atoms with van der Waals surface area (Å²) in [5, 5.41) is 6.76. The maximum Gasteiger partial charge on any atom is 0.126 e. The number of hydrogen-bond acceptors (Lipinski definition) is 3. The molecule has 3 N–H and O–H groups in total. The van der Waals surface area contributed by atoms with Gasteiger partial charge in [-0.3, -0.25) is 5.10 Å². The third-order valence-corrected chi connectivity index (χ3v) is 2.97. The normalized spacial score (nSPS) is 10.5. The lowest BCUT2D eigenvalue weighted by Crippen LogP contribution is -2.22. The fraction of sp³-hybridized carbons (Fsp3) is 0.308. The molecule has 0 saturated carbocycles. The summed E-state index contributed by atoms with van der Waals surface area (Å²) in [6.45, 7) is 6.26. The van der Waals surface area contributed by atoms with Crippen LogP contribution in [0.25, 0.3) is 11.1 Å². The highest BCUT2D eigenvalue weighted by molar-refractivity contribution is 5.83. The van der Waals surface area contributed by atoms with E-state index in [1.54, 1.807) is 6.20 Å². The third-order valence-electron chi connectivity index (χ3n) is 2.97. The topological polar surface area (TPSA) is 57.9 Å². The average Bonchev–Trinajstić information content (AvgIpc) is 2.78. The maximum absolute atomic E-state index is 5.89. The smallest absolute Gasteiger partial charge is 0.126 e. The zero-order valence-corrected chi connectivity index (χ0v) is 10.3. The molecule has 17 heavy (non-hydrogen) atoms. The first-order chi connectivity index (χ1) is 8.27. The van der Waals surface area contributed by atoms with Crippen LogP contribution in [0.15, 0.2) is 30.5 Å². The number of aromatic amines is 1. The SMILES string of the molecule is CCN(CC)c1ccccc1-c1cn[nH]c1N. The Hall–Kier alpha value is -1.97. The number of rotatable bonds is 4. The van der Waals surface area contributed by atoms with Gasteiger partial charge in [0.25, 0.3) is 0 Å². The van der Waals surface area contributed by atoms with E-state index >= 15 is 0 Å². The monoisotopic (exact) mass is 230 g/mol. The molecule has 0 aliphatic carbocycles. The second-order valence-electron chi connectivity index (χ2n) is 3.89. The van der Waals surface area contributed by atoms with Crippen molar-refractivity contribution < 1.29 is 0 Å². The van der Waals surface area contributed by atoms with Crippen LogP contribution >= 0.6 is 0 Å². The van der Waals surface area contributed by atoms with Crippen molar-refractivity contribution in [2.75, 3.05) is 23.7 Å². The number of para-hydroxylation sites is 1. The molecule has 2 aromatic rings. The Kier molecular flexibility index (Phi) is 3.32. The molecule has 0 aliphatic heterocycles. The lowest BCUT2D eigenvalue weighted by atomic mass is 10.1. The van der Waals surface area contributed by atoms with Crippen LogP contribution < -0.4 is 10.6 Å². The molecule has 1 aromatic carbocycles. The summed E-state index contributed by atoms with van der Waals surface area (Å²) in [5.74, 6) is 0.615. The number of aromatic nitrogens is 2. The van der Waals surface area contributed by atoms with Gasteiger partial charge in [-0.2, -0.15) is 5.10 Å². The minimum atomic E-state index is 0.615. The van der Waals surface area contributed by atoms with E-state index in [1.807, 2.05) is 12.1 Å². The van der Waals surface area contributed by atoms with Crippen LogP contribution in [0.5, 0.6) is 0 Å². The molecule has 0 aliphatic rings. The summed E-state index contributed by atoms with van der Waals surface area (Å²) in [7, 11) is 0. The van der Waals surface area contributed by atoms with Gasteiger partial charge in [0.05, 0.1) is 6.20 Å². The number of nitrogens with zero attached hydrogens (tertiary/aromatic N) is 2. The van der Waals surface area contributed by atoms with E-state index in [0.717, 1.165) is 24.2 Å². The predicted octanol–water partition coefficient (Wildman–Crippen LogP) is 2.51. The van der Waals surface area contributed by atoms with Crippen molar-refractivity contribution in [2.24, 2.45) is 0 Å². The van der Waals surface area contributed by atoms with Gasteiger partial charge >= 0.3 is 0 Å². The predicted molar refractivity (Wildman–Crippen MR) is 72.0 cm³/mol. The van der Waals surface area contributed by atoms with Gasteiger partial charge in [-0.1, -0.05) is 18.2 Å². The average molecular weight is 230 g/mol. The van der Waals surface area contributed by atoms with Crippen LogP contribution in [-0.2, 0) is 0 Å². The van der Waals surface area contributed by atoms with E-state index in [-0.39, 0.29) is 0 Å². The lowest BCUT2D eigenvalue weighted by molar-refractivity contribution is 0.867. The van der Waals surface area contributed by atoms with Crippen LogP contribution in [-0.4, -0.2) is 23.3 Å². The second-order valence-corrected chi connectivity index (χ2v) is 3.89. The molecule has 0 radical (unpaired) electrons. The van der Waals surface area contributed by atoms with Crippen LogP contribution in [0.3, 0.4) is 0 Å². The van der Waals surface area contributed by atoms with Crippen LogP contribution in [0, 0.1) is 0 Å². The van der Waals surface area contributed by atoms with Crippen molar-refractivity contribution in [1.29, 1.82) is 0 Å². The van der Waals surface area contributed by atoms with E-state index in [0.29, 0.717) is 5.82 Å². The minimum absolute atomic E-state index is 0.615. The van der Waals surface area contributed by atoms with Crippen LogP contribution in [0.4, 0.5) is 11.5 Å². The van der Waals surface area contributed by atoms with Crippen LogP contribution in [0.1, 0.15) is 13.8 Å². The summed E-state index contributed by atoms with van der Waals surface area (Å²) in [4.78, 5) is 2.31. The zero-order chi connectivity index (χ0) is 12.3. The molecule has 0 fully saturated rings. The Bertz CT molecular complexity index is 486. The van der Waals surface area contributed by atoms with Gasteiger partial charge in [-0.25, -0.2) is 0 Å². The summed E-state index contributed by atoms with van der Waals surface area (Å²) in [6.07, 6.45) is 1.78. The van der Waals surface area contributed by atoms with E-state index < -0.39 is 0 Å². The largest absolute Gasteiger partial charge is 0.384 e. The zero-order valence-electron chi connectivity index (χ0n) is 10.3. The van der Waals surface area contributed by atoms with Gasteiger partial charge in [-0.05, 0) is 19.9 Å². The van der Waals surface area contributed by atoms with Crippen molar-refractivity contribution in [2.45, 2.75) is 13.8 Å². The first-order valence-corrected chi connectivity index (χ1v) is 5.91. The lowest BCUT2D eigenvalue weighted by Gasteiger charge is -2.23. The molecule has 4 heteroatoms. The summed E-state index contributed by atoms with van der Waals surface area (Å²) in [5.41, 5.74) is 9.18. The van der Waals surface area contributed by atoms with E-state index in [4.69, 9.17) is 5.73 Å². The van der Waals surface area contributed by atoms with Gasteiger partial charge in [0.2, 0.25) is 0 Å². The quantitative estimate of drug-likeness (QED) is 0.848. The molecule has 0 atom stereocenters. The molecule has 0 unspecified atom stereocenters. The second kappa shape index (κ2) is 4.91. The molecule has 4 nitrogen and oxygen atoms in total. The minimum Gasteiger partial charge on any atom is -0.384 e. The number of anilines is 2. The highest BCUT2D eigenvalue weighted by Crippen LogP contribution is 2.32. The Morgan fingerprint density at radius 2 is 1.88 bits per heavy atom. The third kappa shape index (κ3) is 2.11. The van der Waals surface area contributed by atoms with Crippen LogP contribution in [0.2, 0.25) is 0 Å². The van der Waals surface area contributed by atoms with Gasteiger partial charge in [-0.15, -0.1) is 0 Å². The Labute approximate surface area is 101 Å². The van der Waals surface area contributed by atoms with Crippen molar-refractivity contribution in [3.05, 3.63) is 30.5 Å². The Balaban J connectivity index is 2.51. The molecule has 0 spiro atoms. The molecule has 90 valence electrons. The highest BCUT2D eigenvalue weighted by Gasteiger charge is 2.12. The number of hydrogen-bond donors (Lipinski definition) is 2. The van der Waals surface area contributed by atoms with Gasteiger partial charge in [0, 0.05) is 29.9 Å². The number of nitrogens with one attached hydrogen (secondary N) is 1. The number of nitrogens with two attached hydrogens (primary N) is 1. The highest BCUT2D eigenvalue weighted by atomic mass is 15.1. The molecule has 1 heterocycles. The van der Waals surface area contributed by atoms with Gasteiger partial charge in [0.1, 0.15) is 5.82 Å². The molecule has 0 amide bonds. The Morgan fingerprint density at radius 1 is 1.18 bits per heavy atom. The maximum atomic E-state index is 5.89. The van der Waals surface area contributed by atoms with E-state index in [9.17, 15) is 0 Å². The van der Waals surface area contributed by atoms with Gasteiger partial charge in [0.15, 0.2) is 0 Å². The first kappa shape index (κ1) is 11.5. The van der Waals surface area contributed by atoms with E-state index in [1.165, 1.54) is 5.69 Å². The summed E-state index contributed by atoms with van der Waals surface area (Å²) < 4.78 is 0. The first-order valence-electron chi connectivity index (χ1n) is 5.91. The molecule has 2 rings (SSSR count). The standard InChI is InChI=1S/C13H18N4/c1-3-17(4-2)12-8-6-5-7-10(12)11-9-15-16-13(11)14/h5-9H,3-4H2,1-2H3,(H3,14,15,16). The fourth-order valence-corrected chi connectivity index (χ4v) is 2.05. The van der Waals surface area contributed by atoms with Crippen molar-refractivity contribution in [1.82, 2.24) is 10.2 Å². The van der Waals surface area contributed by atoms with Gasteiger partial charge < -0.3 is 10.6 Å². The Morgan fingerprint density at radius 3 is 2.47 bits per heavy atom.